The lowest BCUT2D eigenvalue weighted by Crippen LogP contribution is -2.45. The number of hydrogen-bond acceptors (Lipinski definition) is 7. The summed E-state index contributed by atoms with van der Waals surface area (Å²) in [6, 6.07) is 6.79. The highest BCUT2D eigenvalue weighted by Gasteiger charge is 2.35. The fraction of sp³-hybridized carbons (Fsp3) is 0.524. The lowest BCUT2D eigenvalue weighted by atomic mass is 10.1. The first-order chi connectivity index (χ1) is 14.2. The molecule has 2 heterocycles. The molecule has 0 spiro atoms. The van der Waals surface area contributed by atoms with E-state index in [1.54, 1.807) is 12.1 Å². The van der Waals surface area contributed by atoms with E-state index in [1.807, 2.05) is 26.0 Å². The Morgan fingerprint density at radius 1 is 1.27 bits per heavy atom. The summed E-state index contributed by atoms with van der Waals surface area (Å²) < 4.78 is 39.8. The van der Waals surface area contributed by atoms with E-state index in [0.717, 1.165) is 5.39 Å². The largest absolute Gasteiger partial charge is 0.450 e. The maximum atomic E-state index is 12.8. The average Bonchev–Trinajstić information content (AvgIpc) is 3.24. The fourth-order valence-corrected chi connectivity index (χ4v) is 5.43. The molecule has 0 saturated carbocycles. The van der Waals surface area contributed by atoms with Crippen molar-refractivity contribution in [3.8, 4) is 0 Å². The van der Waals surface area contributed by atoms with Gasteiger partial charge in [-0.15, -0.1) is 0 Å². The van der Waals surface area contributed by atoms with E-state index in [9.17, 15) is 18.0 Å². The minimum atomic E-state index is -3.14. The molecule has 1 aromatic carbocycles. The minimum Gasteiger partial charge on any atom is -0.450 e. The molecular formula is C21H27NO7S. The van der Waals surface area contributed by atoms with Gasteiger partial charge >= 0.3 is 5.97 Å². The third-order valence-corrected chi connectivity index (χ3v) is 6.78. The number of amides is 1. The van der Waals surface area contributed by atoms with Crippen molar-refractivity contribution in [3.05, 3.63) is 35.6 Å². The van der Waals surface area contributed by atoms with Crippen LogP contribution in [0.1, 0.15) is 36.4 Å². The van der Waals surface area contributed by atoms with Crippen LogP contribution in [0.3, 0.4) is 0 Å². The van der Waals surface area contributed by atoms with E-state index in [-0.39, 0.29) is 35.8 Å². The Hall–Kier alpha value is -2.39. The van der Waals surface area contributed by atoms with Crippen LogP contribution in [0, 0.1) is 5.92 Å². The summed E-state index contributed by atoms with van der Waals surface area (Å²) in [7, 11) is -1.63. The van der Waals surface area contributed by atoms with E-state index < -0.39 is 28.3 Å². The van der Waals surface area contributed by atoms with Crippen molar-refractivity contribution in [2.75, 3.05) is 31.8 Å². The molecule has 1 amide bonds. The molecular weight excluding hydrogens is 410 g/mol. The van der Waals surface area contributed by atoms with Gasteiger partial charge in [0, 0.05) is 30.6 Å². The Kier molecular flexibility index (Phi) is 6.82. The van der Waals surface area contributed by atoms with Crippen LogP contribution in [-0.4, -0.2) is 63.0 Å². The number of para-hydroxylation sites is 1. The molecule has 30 heavy (non-hydrogen) atoms. The van der Waals surface area contributed by atoms with Crippen LogP contribution < -0.4 is 0 Å². The van der Waals surface area contributed by atoms with Gasteiger partial charge in [0.2, 0.25) is 5.76 Å². The van der Waals surface area contributed by atoms with Crippen molar-refractivity contribution in [2.45, 2.75) is 32.9 Å². The van der Waals surface area contributed by atoms with Crippen molar-refractivity contribution >= 4 is 32.7 Å². The summed E-state index contributed by atoms with van der Waals surface area (Å²) in [5.41, 5.74) is 1.09. The number of fused-ring (bicyclic) bond motifs is 1. The van der Waals surface area contributed by atoms with Gasteiger partial charge in [-0.1, -0.05) is 32.0 Å². The van der Waals surface area contributed by atoms with Gasteiger partial charge in [0.15, 0.2) is 16.4 Å². The predicted octanol–water partition coefficient (Wildman–Crippen LogP) is 2.41. The van der Waals surface area contributed by atoms with Gasteiger partial charge in [0.25, 0.3) is 5.91 Å². The first-order valence-corrected chi connectivity index (χ1v) is 11.7. The molecule has 1 aromatic heterocycles. The van der Waals surface area contributed by atoms with E-state index in [4.69, 9.17) is 13.9 Å². The molecule has 8 nitrogen and oxygen atoms in total. The number of esters is 1. The summed E-state index contributed by atoms with van der Waals surface area (Å²) >= 11 is 0. The zero-order valence-electron chi connectivity index (χ0n) is 17.4. The Morgan fingerprint density at radius 3 is 2.63 bits per heavy atom. The van der Waals surface area contributed by atoms with Crippen LogP contribution >= 0.6 is 0 Å². The van der Waals surface area contributed by atoms with Crippen LogP contribution in [0.4, 0.5) is 0 Å². The molecule has 1 atom stereocenters. The highest BCUT2D eigenvalue weighted by molar-refractivity contribution is 7.91. The van der Waals surface area contributed by atoms with Gasteiger partial charge in [-0.05, 0) is 18.4 Å². The zero-order chi connectivity index (χ0) is 21.9. The first kappa shape index (κ1) is 22.3. The van der Waals surface area contributed by atoms with Gasteiger partial charge in [-0.25, -0.2) is 13.2 Å². The number of ether oxygens (including phenoxy) is 2. The summed E-state index contributed by atoms with van der Waals surface area (Å²) in [6.45, 7) is 3.97. The van der Waals surface area contributed by atoms with Gasteiger partial charge in [0.1, 0.15) is 5.58 Å². The number of hydrogen-bond donors (Lipinski definition) is 0. The van der Waals surface area contributed by atoms with Crippen LogP contribution in [0.25, 0.3) is 11.0 Å². The second kappa shape index (κ2) is 9.18. The van der Waals surface area contributed by atoms with E-state index >= 15 is 0 Å². The number of methoxy groups -OCH3 is 1. The molecule has 0 aliphatic carbocycles. The number of carbonyl (C=O) groups is 2. The molecule has 9 heteroatoms. The number of sulfone groups is 1. The number of rotatable bonds is 8. The first-order valence-electron chi connectivity index (χ1n) is 9.88. The molecule has 0 bridgehead atoms. The van der Waals surface area contributed by atoms with Crippen LogP contribution in [0.5, 0.6) is 0 Å². The predicted molar refractivity (Wildman–Crippen MR) is 111 cm³/mol. The summed E-state index contributed by atoms with van der Waals surface area (Å²) in [4.78, 5) is 27.0. The normalized spacial score (nSPS) is 18.1. The second-order valence-electron chi connectivity index (χ2n) is 7.91. The summed E-state index contributed by atoms with van der Waals surface area (Å²) in [5, 5.41) is 0.746. The van der Waals surface area contributed by atoms with Gasteiger partial charge in [-0.2, -0.15) is 0 Å². The second-order valence-corrected chi connectivity index (χ2v) is 10.1. The lowest BCUT2D eigenvalue weighted by Gasteiger charge is -2.29. The molecule has 3 rings (SSSR count). The Balaban J connectivity index is 1.73. The minimum absolute atomic E-state index is 0.00436. The SMILES string of the molecule is COCc1c(C(=O)OCC(=O)N(CC(C)C)C2CCS(=O)(=O)C2)oc2ccccc12. The standard InChI is InChI=1S/C21H27NO7S/c1-14(2)10-22(15-8-9-30(25,26)13-15)19(23)12-28-21(24)20-17(11-27-3)16-6-4-5-7-18(16)29-20/h4-7,14-15H,8-13H2,1-3H3. The third-order valence-electron chi connectivity index (χ3n) is 5.03. The number of nitrogens with zero attached hydrogens (tertiary/aromatic N) is 1. The molecule has 1 unspecified atom stereocenters. The number of furan rings is 1. The summed E-state index contributed by atoms with van der Waals surface area (Å²) in [6.07, 6.45) is 0.399. The van der Waals surface area contributed by atoms with Crippen molar-refractivity contribution < 1.29 is 31.9 Å². The molecule has 0 radical (unpaired) electrons. The van der Waals surface area contributed by atoms with Gasteiger partial charge in [-0.3, -0.25) is 4.79 Å². The van der Waals surface area contributed by atoms with E-state index in [1.165, 1.54) is 12.0 Å². The molecule has 1 aliphatic rings. The highest BCUT2D eigenvalue weighted by Crippen LogP contribution is 2.27. The Labute approximate surface area is 176 Å². The monoisotopic (exact) mass is 437 g/mol. The number of carbonyl (C=O) groups excluding carboxylic acids is 2. The van der Waals surface area contributed by atoms with Crippen molar-refractivity contribution in [1.29, 1.82) is 0 Å². The Bertz CT molecular complexity index is 1030. The highest BCUT2D eigenvalue weighted by atomic mass is 32.2. The number of benzene rings is 1. The molecule has 1 fully saturated rings. The maximum absolute atomic E-state index is 12.8. The third kappa shape index (κ3) is 5.02. The maximum Gasteiger partial charge on any atom is 0.375 e. The van der Waals surface area contributed by atoms with Crippen molar-refractivity contribution in [2.24, 2.45) is 5.92 Å². The quantitative estimate of drug-likeness (QED) is 0.584. The van der Waals surface area contributed by atoms with E-state index in [2.05, 4.69) is 0 Å². The molecule has 1 aliphatic heterocycles. The fourth-order valence-electron chi connectivity index (χ4n) is 3.70. The van der Waals surface area contributed by atoms with Crippen LogP contribution in [-0.2, 0) is 30.7 Å². The lowest BCUT2D eigenvalue weighted by molar-refractivity contribution is -0.137. The molecule has 0 N–H and O–H groups in total. The Morgan fingerprint density at radius 2 is 2.00 bits per heavy atom. The van der Waals surface area contributed by atoms with Crippen molar-refractivity contribution in [1.82, 2.24) is 4.90 Å². The molecule has 2 aromatic rings. The van der Waals surface area contributed by atoms with E-state index in [0.29, 0.717) is 24.1 Å². The van der Waals surface area contributed by atoms with Crippen LogP contribution in [0.15, 0.2) is 28.7 Å². The van der Waals surface area contributed by atoms with Crippen LogP contribution in [0.2, 0.25) is 0 Å². The smallest absolute Gasteiger partial charge is 0.375 e. The van der Waals surface area contributed by atoms with Crippen molar-refractivity contribution in [3.63, 3.8) is 0 Å². The molecule has 164 valence electrons. The molecule has 1 saturated heterocycles. The van der Waals surface area contributed by atoms with Gasteiger partial charge in [0.05, 0.1) is 18.1 Å². The zero-order valence-corrected chi connectivity index (χ0v) is 18.2. The summed E-state index contributed by atoms with van der Waals surface area (Å²) in [5.74, 6) is -1.00. The topological polar surface area (TPSA) is 103 Å². The average molecular weight is 438 g/mol. The van der Waals surface area contributed by atoms with Gasteiger partial charge < -0.3 is 18.8 Å².